The molecule has 2 heteroatoms. The Morgan fingerprint density at radius 3 is 2.40 bits per heavy atom. The van der Waals surface area contributed by atoms with Crippen molar-refractivity contribution in [2.75, 3.05) is 0 Å². The second-order valence-electron chi connectivity index (χ2n) is 2.96. The van der Waals surface area contributed by atoms with Crippen LogP contribution in [0.25, 0.3) is 5.57 Å². The first-order valence-electron chi connectivity index (χ1n) is 4.58. The van der Waals surface area contributed by atoms with Gasteiger partial charge in [-0.2, -0.15) is 0 Å². The fourth-order valence-electron chi connectivity index (χ4n) is 1.23. The molecular weight excluding hydrogens is 186 g/mol. The van der Waals surface area contributed by atoms with Gasteiger partial charge >= 0.3 is 0 Å². The van der Waals surface area contributed by atoms with Gasteiger partial charge in [0.1, 0.15) is 6.29 Å². The molecule has 0 bridgehead atoms. The van der Waals surface area contributed by atoms with Gasteiger partial charge in [0, 0.05) is 5.56 Å². The molecule has 76 valence electrons. The lowest BCUT2D eigenvalue weighted by molar-refractivity contribution is 0.112. The second-order valence-corrected chi connectivity index (χ2v) is 2.96. The van der Waals surface area contributed by atoms with Crippen LogP contribution in [0.5, 0.6) is 0 Å². The van der Waals surface area contributed by atoms with E-state index in [1.54, 1.807) is 24.3 Å². The van der Waals surface area contributed by atoms with Crippen molar-refractivity contribution in [1.29, 1.82) is 0 Å². The third-order valence-electron chi connectivity index (χ3n) is 1.95. The minimum Gasteiger partial charge on any atom is -0.405 e. The molecule has 0 fully saturated rings. The highest BCUT2D eigenvalue weighted by molar-refractivity contribution is 5.79. The second kappa shape index (κ2) is 5.60. The van der Waals surface area contributed by atoms with Gasteiger partial charge in [-0.1, -0.05) is 43.0 Å². The molecule has 1 aromatic carbocycles. The molecule has 0 aliphatic carbocycles. The van der Waals surface area contributed by atoms with E-state index in [9.17, 15) is 4.79 Å². The van der Waals surface area contributed by atoms with E-state index in [1.807, 2.05) is 18.2 Å². The molecule has 0 unspecified atom stereocenters. The number of hydrogen-bond donors (Lipinski definition) is 1. The lowest BCUT2D eigenvalue weighted by atomic mass is 10.0. The standard InChI is InChI=1S/C13H13NO/c1-2-3-12(8-9-14)13-6-4-11(10-15)5-7-13/h2-10H,1,14H2/b9-8-,12-3+. The van der Waals surface area contributed by atoms with Gasteiger partial charge < -0.3 is 5.73 Å². The zero-order chi connectivity index (χ0) is 11.1. The fourth-order valence-corrected chi connectivity index (χ4v) is 1.23. The molecule has 0 spiro atoms. The number of hydrogen-bond acceptors (Lipinski definition) is 2. The molecular formula is C13H13NO. The first-order chi connectivity index (χ1) is 7.31. The Morgan fingerprint density at radius 2 is 1.93 bits per heavy atom. The molecule has 1 aromatic rings. The highest BCUT2D eigenvalue weighted by atomic mass is 16.1. The molecule has 1 rings (SSSR count). The summed E-state index contributed by atoms with van der Waals surface area (Å²) in [5, 5.41) is 0. The van der Waals surface area contributed by atoms with Crippen LogP contribution in [0.4, 0.5) is 0 Å². The van der Waals surface area contributed by atoms with E-state index < -0.39 is 0 Å². The van der Waals surface area contributed by atoms with E-state index in [1.165, 1.54) is 6.20 Å². The van der Waals surface area contributed by atoms with Crippen molar-refractivity contribution >= 4 is 11.9 Å². The molecule has 0 aromatic heterocycles. The lowest BCUT2D eigenvalue weighted by Gasteiger charge is -2.01. The summed E-state index contributed by atoms with van der Waals surface area (Å²) in [6, 6.07) is 7.28. The Hall–Kier alpha value is -2.09. The Morgan fingerprint density at radius 1 is 1.27 bits per heavy atom. The van der Waals surface area contributed by atoms with Crippen LogP contribution < -0.4 is 5.73 Å². The summed E-state index contributed by atoms with van der Waals surface area (Å²) in [5.41, 5.74) is 7.97. The van der Waals surface area contributed by atoms with Crippen molar-refractivity contribution < 1.29 is 4.79 Å². The van der Waals surface area contributed by atoms with Crippen LogP contribution in [0.1, 0.15) is 15.9 Å². The third-order valence-corrected chi connectivity index (χ3v) is 1.95. The molecule has 0 saturated carbocycles. The number of aldehydes is 1. The minimum atomic E-state index is 0.661. The maximum Gasteiger partial charge on any atom is 0.150 e. The molecule has 0 saturated heterocycles. The number of allylic oxidation sites excluding steroid dienone is 4. The maximum atomic E-state index is 10.5. The average molecular weight is 199 g/mol. The Balaban J connectivity index is 3.07. The number of carbonyl (C=O) groups is 1. The summed E-state index contributed by atoms with van der Waals surface area (Å²) >= 11 is 0. The smallest absolute Gasteiger partial charge is 0.150 e. The van der Waals surface area contributed by atoms with Gasteiger partial charge in [0.2, 0.25) is 0 Å². The van der Waals surface area contributed by atoms with Crippen LogP contribution in [-0.2, 0) is 0 Å². The van der Waals surface area contributed by atoms with Gasteiger partial charge in [-0.15, -0.1) is 0 Å². The Bertz CT molecular complexity index is 399. The van der Waals surface area contributed by atoms with Crippen LogP contribution in [0, 0.1) is 0 Å². The topological polar surface area (TPSA) is 43.1 Å². The largest absolute Gasteiger partial charge is 0.405 e. The van der Waals surface area contributed by atoms with E-state index in [-0.39, 0.29) is 0 Å². The zero-order valence-electron chi connectivity index (χ0n) is 8.39. The van der Waals surface area contributed by atoms with Gasteiger partial charge in [-0.25, -0.2) is 0 Å². The SMILES string of the molecule is C=C/C=C(\C=C/N)c1ccc(C=O)cc1. The molecule has 0 atom stereocenters. The van der Waals surface area contributed by atoms with Crippen LogP contribution in [0.2, 0.25) is 0 Å². The summed E-state index contributed by atoms with van der Waals surface area (Å²) in [7, 11) is 0. The zero-order valence-corrected chi connectivity index (χ0v) is 8.39. The van der Waals surface area contributed by atoms with E-state index in [0.717, 1.165) is 17.4 Å². The monoisotopic (exact) mass is 199 g/mol. The molecule has 0 heterocycles. The lowest BCUT2D eigenvalue weighted by Crippen LogP contribution is -1.85. The summed E-state index contributed by atoms with van der Waals surface area (Å²) in [6.07, 6.45) is 7.64. The van der Waals surface area contributed by atoms with E-state index in [2.05, 4.69) is 6.58 Å². The number of nitrogens with two attached hydrogens (primary N) is 1. The molecule has 0 amide bonds. The maximum absolute atomic E-state index is 10.5. The minimum absolute atomic E-state index is 0.661. The first-order valence-corrected chi connectivity index (χ1v) is 4.58. The van der Waals surface area contributed by atoms with Gasteiger partial charge in [0.25, 0.3) is 0 Å². The van der Waals surface area contributed by atoms with Crippen LogP contribution in [0.15, 0.2) is 55.3 Å². The first kappa shape index (κ1) is 11.0. The van der Waals surface area contributed by atoms with Gasteiger partial charge in [0.15, 0.2) is 0 Å². The average Bonchev–Trinajstić information content (AvgIpc) is 2.29. The summed E-state index contributed by atoms with van der Waals surface area (Å²) in [6.45, 7) is 3.63. The molecule has 0 radical (unpaired) electrons. The van der Waals surface area contributed by atoms with Crippen molar-refractivity contribution in [2.45, 2.75) is 0 Å². The summed E-state index contributed by atoms with van der Waals surface area (Å²) in [4.78, 5) is 10.5. The van der Waals surface area contributed by atoms with Crippen molar-refractivity contribution in [1.82, 2.24) is 0 Å². The van der Waals surface area contributed by atoms with Gasteiger partial charge in [-0.05, 0) is 23.4 Å². The molecule has 2 nitrogen and oxygen atoms in total. The predicted octanol–water partition coefficient (Wildman–Crippen LogP) is 2.54. The fraction of sp³-hybridized carbons (Fsp3) is 0. The van der Waals surface area contributed by atoms with Crippen molar-refractivity contribution in [3.8, 4) is 0 Å². The Kier molecular flexibility index (Phi) is 4.10. The van der Waals surface area contributed by atoms with Crippen LogP contribution in [0.3, 0.4) is 0 Å². The van der Waals surface area contributed by atoms with Crippen molar-refractivity contribution in [3.63, 3.8) is 0 Å². The molecule has 15 heavy (non-hydrogen) atoms. The third kappa shape index (κ3) is 2.95. The highest BCUT2D eigenvalue weighted by Gasteiger charge is 1.96. The molecule has 2 N–H and O–H groups in total. The van der Waals surface area contributed by atoms with Crippen molar-refractivity contribution in [3.05, 3.63) is 66.4 Å². The summed E-state index contributed by atoms with van der Waals surface area (Å²) < 4.78 is 0. The highest BCUT2D eigenvalue weighted by Crippen LogP contribution is 2.16. The van der Waals surface area contributed by atoms with Gasteiger partial charge in [-0.3, -0.25) is 4.79 Å². The predicted molar refractivity (Wildman–Crippen MR) is 63.3 cm³/mol. The van der Waals surface area contributed by atoms with Crippen LogP contribution in [-0.4, -0.2) is 6.29 Å². The van der Waals surface area contributed by atoms with Crippen molar-refractivity contribution in [2.24, 2.45) is 5.73 Å². The van der Waals surface area contributed by atoms with Gasteiger partial charge in [0.05, 0.1) is 0 Å². The van der Waals surface area contributed by atoms with E-state index in [0.29, 0.717) is 5.56 Å². The summed E-state index contributed by atoms with van der Waals surface area (Å²) in [5.74, 6) is 0. The van der Waals surface area contributed by atoms with E-state index in [4.69, 9.17) is 5.73 Å². The number of carbonyl (C=O) groups excluding carboxylic acids is 1. The molecule has 0 aliphatic rings. The number of rotatable bonds is 4. The molecule has 0 aliphatic heterocycles. The van der Waals surface area contributed by atoms with E-state index >= 15 is 0 Å². The Labute approximate surface area is 89.4 Å². The van der Waals surface area contributed by atoms with Crippen LogP contribution >= 0.6 is 0 Å². The quantitative estimate of drug-likeness (QED) is 0.598. The number of benzene rings is 1. The normalized spacial score (nSPS) is 11.6.